The van der Waals surface area contributed by atoms with Gasteiger partial charge >= 0.3 is 6.61 Å². The van der Waals surface area contributed by atoms with E-state index < -0.39 is 12.7 Å². The molecule has 0 spiro atoms. The van der Waals surface area contributed by atoms with Gasteiger partial charge in [0.05, 0.1) is 6.07 Å². The second kappa shape index (κ2) is 4.91. The number of hydrogen-bond donors (Lipinski definition) is 1. The van der Waals surface area contributed by atoms with Crippen LogP contribution in [0.1, 0.15) is 11.7 Å². The smallest absolute Gasteiger partial charge is 0.387 e. The monoisotopic (exact) mass is 233 g/mol. The number of benzene rings is 1. The van der Waals surface area contributed by atoms with Crippen LogP contribution in [0.3, 0.4) is 0 Å². The summed E-state index contributed by atoms with van der Waals surface area (Å²) in [5, 5.41) is 17.7. The van der Waals surface area contributed by atoms with Gasteiger partial charge in [0.2, 0.25) is 0 Å². The average Bonchev–Trinajstić information content (AvgIpc) is 2.14. The molecule has 0 amide bonds. The van der Waals surface area contributed by atoms with Crippen LogP contribution in [-0.4, -0.2) is 11.7 Å². The quantitative estimate of drug-likeness (QED) is 0.816. The van der Waals surface area contributed by atoms with E-state index >= 15 is 0 Å². The number of rotatable bonds is 3. The second-order valence-corrected chi connectivity index (χ2v) is 3.07. The summed E-state index contributed by atoms with van der Waals surface area (Å²) in [5.74, 6) is -0.193. The molecular weight excluding hydrogens is 228 g/mol. The zero-order valence-corrected chi connectivity index (χ0v) is 8.08. The van der Waals surface area contributed by atoms with Gasteiger partial charge in [-0.3, -0.25) is 0 Å². The predicted octanol–water partition coefficient (Wildman–Crippen LogP) is 2.50. The predicted molar refractivity (Wildman–Crippen MR) is 48.7 cm³/mol. The van der Waals surface area contributed by atoms with Crippen LogP contribution in [-0.2, 0) is 0 Å². The second-order valence-electron chi connectivity index (χ2n) is 2.63. The summed E-state index contributed by atoms with van der Waals surface area (Å²) >= 11 is 5.59. The molecule has 1 rings (SSSR count). The fourth-order valence-corrected chi connectivity index (χ4v) is 1.22. The first kappa shape index (κ1) is 11.7. The SMILES string of the molecule is N#C[C@H](O)c1cc(Cl)cc(OC(F)F)c1. The Morgan fingerprint density at radius 1 is 1.40 bits per heavy atom. The first-order chi connectivity index (χ1) is 7.02. The minimum Gasteiger partial charge on any atom is -0.435 e. The molecule has 80 valence electrons. The molecule has 0 bridgehead atoms. The Labute approximate surface area is 89.5 Å². The third-order valence-corrected chi connectivity index (χ3v) is 1.78. The lowest BCUT2D eigenvalue weighted by molar-refractivity contribution is -0.0499. The Kier molecular flexibility index (Phi) is 3.83. The van der Waals surface area contributed by atoms with Crippen LogP contribution in [0.15, 0.2) is 18.2 Å². The molecule has 3 nitrogen and oxygen atoms in total. The van der Waals surface area contributed by atoms with Gasteiger partial charge in [0.15, 0.2) is 6.10 Å². The van der Waals surface area contributed by atoms with Crippen molar-refractivity contribution in [3.05, 3.63) is 28.8 Å². The van der Waals surface area contributed by atoms with E-state index in [4.69, 9.17) is 22.0 Å². The van der Waals surface area contributed by atoms with E-state index in [1.807, 2.05) is 0 Å². The number of nitrogens with zero attached hydrogens (tertiary/aromatic N) is 1. The summed E-state index contributed by atoms with van der Waals surface area (Å²) in [6.45, 7) is -2.98. The molecule has 0 heterocycles. The number of halogens is 3. The van der Waals surface area contributed by atoms with Gasteiger partial charge in [0, 0.05) is 5.02 Å². The molecular formula is C9H6ClF2NO2. The van der Waals surface area contributed by atoms with Crippen molar-refractivity contribution >= 4 is 11.6 Å². The molecule has 0 saturated carbocycles. The molecule has 0 fully saturated rings. The third kappa shape index (κ3) is 3.35. The van der Waals surface area contributed by atoms with E-state index in [2.05, 4.69) is 4.74 Å². The number of ether oxygens (including phenoxy) is 1. The molecule has 0 saturated heterocycles. The molecule has 0 aliphatic rings. The first-order valence-corrected chi connectivity index (χ1v) is 4.23. The molecule has 0 unspecified atom stereocenters. The van der Waals surface area contributed by atoms with Crippen molar-refractivity contribution in [2.24, 2.45) is 0 Å². The zero-order chi connectivity index (χ0) is 11.4. The topological polar surface area (TPSA) is 53.2 Å². The van der Waals surface area contributed by atoms with Crippen molar-refractivity contribution in [3.8, 4) is 11.8 Å². The van der Waals surface area contributed by atoms with Gasteiger partial charge in [-0.15, -0.1) is 0 Å². The Morgan fingerprint density at radius 2 is 2.07 bits per heavy atom. The highest BCUT2D eigenvalue weighted by molar-refractivity contribution is 6.30. The number of alkyl halides is 2. The van der Waals surface area contributed by atoms with Crippen molar-refractivity contribution in [2.75, 3.05) is 0 Å². The number of aliphatic hydroxyl groups is 1. The normalized spacial score (nSPS) is 12.3. The number of hydrogen-bond acceptors (Lipinski definition) is 3. The van der Waals surface area contributed by atoms with Crippen molar-refractivity contribution in [1.29, 1.82) is 5.26 Å². The van der Waals surface area contributed by atoms with E-state index in [1.165, 1.54) is 12.1 Å². The van der Waals surface area contributed by atoms with Gasteiger partial charge in [-0.2, -0.15) is 14.0 Å². The highest BCUT2D eigenvalue weighted by Crippen LogP contribution is 2.25. The van der Waals surface area contributed by atoms with Gasteiger partial charge in [0.25, 0.3) is 0 Å². The highest BCUT2D eigenvalue weighted by atomic mass is 35.5. The lowest BCUT2D eigenvalue weighted by Crippen LogP contribution is -2.03. The fourth-order valence-electron chi connectivity index (χ4n) is 0.988. The molecule has 1 aromatic rings. The largest absolute Gasteiger partial charge is 0.435 e. The van der Waals surface area contributed by atoms with Gasteiger partial charge in [0.1, 0.15) is 5.75 Å². The van der Waals surface area contributed by atoms with Gasteiger partial charge in [-0.05, 0) is 23.8 Å². The fraction of sp³-hybridized carbons (Fsp3) is 0.222. The van der Waals surface area contributed by atoms with E-state index in [0.29, 0.717) is 0 Å². The summed E-state index contributed by atoms with van der Waals surface area (Å²) in [4.78, 5) is 0. The number of nitriles is 1. The third-order valence-electron chi connectivity index (χ3n) is 1.56. The van der Waals surface area contributed by atoms with Crippen molar-refractivity contribution < 1.29 is 18.6 Å². The maximum absolute atomic E-state index is 11.9. The van der Waals surface area contributed by atoms with E-state index in [0.717, 1.165) is 6.07 Å². The van der Waals surface area contributed by atoms with Gasteiger partial charge < -0.3 is 9.84 Å². The van der Waals surface area contributed by atoms with Crippen LogP contribution < -0.4 is 4.74 Å². The summed E-state index contributed by atoms with van der Waals surface area (Å²) < 4.78 is 27.8. The molecule has 1 N–H and O–H groups in total. The average molecular weight is 234 g/mol. The Hall–Kier alpha value is -1.38. The Bertz CT molecular complexity index is 392. The van der Waals surface area contributed by atoms with Crippen LogP contribution in [0.25, 0.3) is 0 Å². The standard InChI is InChI=1S/C9H6ClF2NO2/c10-6-1-5(8(14)4-13)2-7(3-6)15-9(11)12/h1-3,8-9,14H/t8-/m0/s1. The molecule has 6 heteroatoms. The van der Waals surface area contributed by atoms with E-state index in [1.54, 1.807) is 6.07 Å². The van der Waals surface area contributed by atoms with E-state index in [-0.39, 0.29) is 16.3 Å². The van der Waals surface area contributed by atoms with Crippen LogP contribution in [0.4, 0.5) is 8.78 Å². The maximum atomic E-state index is 11.9. The van der Waals surface area contributed by atoms with Crippen LogP contribution in [0, 0.1) is 11.3 Å². The molecule has 0 radical (unpaired) electrons. The van der Waals surface area contributed by atoms with E-state index in [9.17, 15) is 8.78 Å². The molecule has 0 aliphatic carbocycles. The zero-order valence-electron chi connectivity index (χ0n) is 7.32. The minimum absolute atomic E-state index is 0.109. The molecule has 15 heavy (non-hydrogen) atoms. The summed E-state index contributed by atoms with van der Waals surface area (Å²) in [6.07, 6.45) is -1.41. The number of aliphatic hydroxyl groups excluding tert-OH is 1. The summed E-state index contributed by atoms with van der Waals surface area (Å²) in [5.41, 5.74) is 0.112. The molecule has 0 aromatic heterocycles. The highest BCUT2D eigenvalue weighted by Gasteiger charge is 2.11. The lowest BCUT2D eigenvalue weighted by Gasteiger charge is -2.08. The molecule has 0 aliphatic heterocycles. The summed E-state index contributed by atoms with van der Waals surface area (Å²) in [6, 6.07) is 5.14. The van der Waals surface area contributed by atoms with Crippen molar-refractivity contribution in [2.45, 2.75) is 12.7 Å². The van der Waals surface area contributed by atoms with Gasteiger partial charge in [-0.1, -0.05) is 11.6 Å². The van der Waals surface area contributed by atoms with Crippen LogP contribution in [0.2, 0.25) is 5.02 Å². The first-order valence-electron chi connectivity index (χ1n) is 3.86. The van der Waals surface area contributed by atoms with Gasteiger partial charge in [-0.25, -0.2) is 0 Å². The van der Waals surface area contributed by atoms with Crippen LogP contribution >= 0.6 is 11.6 Å². The maximum Gasteiger partial charge on any atom is 0.387 e. The lowest BCUT2D eigenvalue weighted by atomic mass is 10.1. The molecule has 1 atom stereocenters. The van der Waals surface area contributed by atoms with Crippen molar-refractivity contribution in [1.82, 2.24) is 0 Å². The summed E-state index contributed by atoms with van der Waals surface area (Å²) in [7, 11) is 0. The van der Waals surface area contributed by atoms with Crippen molar-refractivity contribution in [3.63, 3.8) is 0 Å². The van der Waals surface area contributed by atoms with Crippen LogP contribution in [0.5, 0.6) is 5.75 Å². The minimum atomic E-state index is -2.98. The Morgan fingerprint density at radius 3 is 2.60 bits per heavy atom. The Balaban J connectivity index is 3.01. The molecule has 1 aromatic carbocycles.